The van der Waals surface area contributed by atoms with E-state index in [-0.39, 0.29) is 6.61 Å². The molecule has 2 rings (SSSR count). The maximum absolute atomic E-state index is 11.1. The van der Waals surface area contributed by atoms with Crippen molar-refractivity contribution in [3.05, 3.63) is 48.0 Å². The molecule has 0 radical (unpaired) electrons. The average Bonchev–Trinajstić information content (AvgIpc) is 2.43. The lowest BCUT2D eigenvalue weighted by Gasteiger charge is -2.04. The Bertz CT molecular complexity index is 624. The number of benzene rings is 2. The zero-order valence-electron chi connectivity index (χ0n) is 9.33. The topological polar surface area (TPSA) is 55.7 Å². The second-order valence-electron chi connectivity index (χ2n) is 3.65. The largest absolute Gasteiger partial charge is 0.454 e. The van der Waals surface area contributed by atoms with Crippen molar-refractivity contribution in [1.29, 1.82) is 0 Å². The zero-order valence-corrected chi connectivity index (χ0v) is 10.1. The zero-order chi connectivity index (χ0) is 13.0. The summed E-state index contributed by atoms with van der Waals surface area (Å²) in [5, 5.41) is 2.15. The van der Waals surface area contributed by atoms with E-state index in [0.717, 1.165) is 16.3 Å². The van der Waals surface area contributed by atoms with Gasteiger partial charge in [-0.2, -0.15) is 0 Å². The lowest BCUT2D eigenvalue weighted by Crippen LogP contribution is -2.14. The fraction of sp³-hybridized carbons (Fsp3) is 0.0769. The minimum absolute atomic E-state index is 0.0280. The molecule has 0 aliphatic rings. The van der Waals surface area contributed by atoms with Crippen LogP contribution < -0.4 is 0 Å². The van der Waals surface area contributed by atoms with Gasteiger partial charge in [0.15, 0.2) is 0 Å². The molecule has 0 atom stereocenters. The number of fused-ring (bicyclic) bond motifs is 1. The van der Waals surface area contributed by atoms with Crippen LogP contribution in [0.3, 0.4) is 0 Å². The minimum Gasteiger partial charge on any atom is -0.454 e. The summed E-state index contributed by atoms with van der Waals surface area (Å²) in [6, 6.07) is 13.5. The second kappa shape index (κ2) is 5.46. The van der Waals surface area contributed by atoms with Crippen molar-refractivity contribution < 1.29 is 14.3 Å². The predicted octanol–water partition coefficient (Wildman–Crippen LogP) is 2.14. The lowest BCUT2D eigenvalue weighted by atomic mass is 10.1. The van der Waals surface area contributed by atoms with E-state index in [0.29, 0.717) is 0 Å². The first-order valence-corrected chi connectivity index (χ1v) is 5.59. The van der Waals surface area contributed by atoms with E-state index >= 15 is 0 Å². The molecule has 0 saturated heterocycles. The van der Waals surface area contributed by atoms with E-state index in [9.17, 15) is 9.59 Å². The van der Waals surface area contributed by atoms with Crippen LogP contribution in [0.1, 0.15) is 5.56 Å². The summed E-state index contributed by atoms with van der Waals surface area (Å²) in [7, 11) is 0. The first-order valence-electron chi connectivity index (χ1n) is 5.23. The molecule has 1 amide bonds. The number of amides is 1. The number of ether oxygens (including phenoxy) is 1. The molecule has 0 saturated carbocycles. The van der Waals surface area contributed by atoms with Gasteiger partial charge in [0.25, 0.3) is 0 Å². The molecule has 0 aliphatic heterocycles. The molecule has 18 heavy (non-hydrogen) atoms. The summed E-state index contributed by atoms with van der Waals surface area (Å²) in [5.41, 5.74) is 0.805. The summed E-state index contributed by atoms with van der Waals surface area (Å²) in [6.07, 6.45) is 0. The molecule has 5 heteroatoms. The van der Waals surface area contributed by atoms with Gasteiger partial charge in [0.1, 0.15) is 6.61 Å². The van der Waals surface area contributed by atoms with Crippen molar-refractivity contribution in [3.63, 3.8) is 0 Å². The van der Waals surface area contributed by atoms with Crippen LogP contribution in [0.5, 0.6) is 0 Å². The van der Waals surface area contributed by atoms with Gasteiger partial charge in [-0.3, -0.25) is 4.79 Å². The van der Waals surface area contributed by atoms with Crippen molar-refractivity contribution in [2.75, 3.05) is 0 Å². The number of carbonyl (C=O) groups excluding carboxylic acids is 2. The van der Waals surface area contributed by atoms with Gasteiger partial charge in [0, 0.05) is 12.4 Å². The van der Waals surface area contributed by atoms with Crippen LogP contribution >= 0.6 is 0 Å². The molecule has 4 nitrogen and oxygen atoms in total. The Kier molecular flexibility index (Phi) is 3.74. The second-order valence-corrected chi connectivity index (χ2v) is 3.84. The van der Waals surface area contributed by atoms with Crippen molar-refractivity contribution >= 4 is 35.1 Å². The Balaban J connectivity index is 2.10. The molecule has 0 bridgehead atoms. The molecule has 2 aromatic rings. The Morgan fingerprint density at radius 1 is 1.11 bits per heavy atom. The number of esters is 1. The van der Waals surface area contributed by atoms with E-state index < -0.39 is 11.9 Å². The first-order chi connectivity index (χ1) is 8.70. The summed E-state index contributed by atoms with van der Waals surface area (Å²) in [4.78, 5) is 21.9. The van der Waals surface area contributed by atoms with Gasteiger partial charge in [-0.15, -0.1) is 4.36 Å². The fourth-order valence-electron chi connectivity index (χ4n) is 1.58. The molecule has 0 heterocycles. The summed E-state index contributed by atoms with van der Waals surface area (Å²) in [5.74, 6) is -2.08. The standard InChI is InChI=1S/C13H9NO3S/c15-12(14-18)13(16)17-8-9-5-6-10-3-1-2-4-11(10)7-9/h1-7H,8H2. The molecule has 2 aromatic carbocycles. The molecule has 0 unspecified atom stereocenters. The van der Waals surface area contributed by atoms with Crippen LogP contribution in [0.4, 0.5) is 0 Å². The van der Waals surface area contributed by atoms with Crippen molar-refractivity contribution in [2.45, 2.75) is 6.61 Å². The SMILES string of the molecule is O=C(N=S)C(=O)OCc1ccc2ccccc2c1. The highest BCUT2D eigenvalue weighted by atomic mass is 32.1. The Morgan fingerprint density at radius 3 is 2.56 bits per heavy atom. The number of rotatable bonds is 2. The Labute approximate surface area is 109 Å². The molecular weight excluding hydrogens is 250 g/mol. The van der Waals surface area contributed by atoms with E-state index in [1.807, 2.05) is 42.5 Å². The van der Waals surface area contributed by atoms with Crippen molar-refractivity contribution in [2.24, 2.45) is 4.36 Å². The first kappa shape index (κ1) is 12.3. The summed E-state index contributed by atoms with van der Waals surface area (Å²) in [6.45, 7) is 0.0280. The normalized spacial score (nSPS) is 10.0. The van der Waals surface area contributed by atoms with Crippen LogP contribution in [-0.2, 0) is 33.4 Å². The molecule has 0 fully saturated rings. The molecule has 0 spiro atoms. The number of carbonyl (C=O) groups is 2. The van der Waals surface area contributed by atoms with E-state index in [4.69, 9.17) is 4.74 Å². The minimum atomic E-state index is -1.05. The van der Waals surface area contributed by atoms with Gasteiger partial charge >= 0.3 is 11.9 Å². The molecule has 0 aliphatic carbocycles. The van der Waals surface area contributed by atoms with Gasteiger partial charge in [0.05, 0.1) is 0 Å². The predicted molar refractivity (Wildman–Crippen MR) is 68.5 cm³/mol. The van der Waals surface area contributed by atoms with Crippen LogP contribution in [0.25, 0.3) is 10.8 Å². The molecule has 0 N–H and O–H groups in total. The maximum Gasteiger partial charge on any atom is 0.400 e. The smallest absolute Gasteiger partial charge is 0.400 e. The van der Waals surface area contributed by atoms with Crippen LogP contribution in [0.2, 0.25) is 0 Å². The van der Waals surface area contributed by atoms with Crippen LogP contribution in [-0.4, -0.2) is 11.9 Å². The third kappa shape index (κ3) is 2.75. The highest BCUT2D eigenvalue weighted by Gasteiger charge is 2.13. The summed E-state index contributed by atoms with van der Waals surface area (Å²) >= 11 is 4.12. The third-order valence-corrected chi connectivity index (χ3v) is 2.61. The number of hydrogen-bond donors (Lipinski definition) is 0. The lowest BCUT2D eigenvalue weighted by molar-refractivity contribution is -0.154. The quantitative estimate of drug-likeness (QED) is 0.612. The highest BCUT2D eigenvalue weighted by Crippen LogP contribution is 2.16. The maximum atomic E-state index is 11.1. The summed E-state index contributed by atoms with van der Waals surface area (Å²) < 4.78 is 7.60. The number of nitrogens with zero attached hydrogens (tertiary/aromatic N) is 1. The van der Waals surface area contributed by atoms with Gasteiger partial charge in [-0.25, -0.2) is 4.79 Å². The van der Waals surface area contributed by atoms with Gasteiger partial charge in [-0.05, 0) is 22.4 Å². The van der Waals surface area contributed by atoms with E-state index in [1.165, 1.54) is 0 Å². The molecule has 0 aromatic heterocycles. The van der Waals surface area contributed by atoms with Gasteiger partial charge < -0.3 is 4.74 Å². The molecule has 90 valence electrons. The van der Waals surface area contributed by atoms with Crippen LogP contribution in [0, 0.1) is 0 Å². The van der Waals surface area contributed by atoms with Gasteiger partial charge in [-0.1, -0.05) is 36.4 Å². The average molecular weight is 259 g/mol. The Hall–Kier alpha value is -2.14. The Morgan fingerprint density at radius 2 is 1.83 bits per heavy atom. The number of hydrogen-bond acceptors (Lipinski definition) is 4. The monoisotopic (exact) mass is 259 g/mol. The van der Waals surface area contributed by atoms with Crippen molar-refractivity contribution in [1.82, 2.24) is 0 Å². The third-order valence-electron chi connectivity index (χ3n) is 2.44. The van der Waals surface area contributed by atoms with E-state index in [1.54, 1.807) is 0 Å². The van der Waals surface area contributed by atoms with Crippen molar-refractivity contribution in [3.8, 4) is 0 Å². The fourth-order valence-corrected chi connectivity index (χ4v) is 1.65. The highest BCUT2D eigenvalue weighted by molar-refractivity contribution is 7.48. The van der Waals surface area contributed by atoms with Gasteiger partial charge in [0.2, 0.25) is 0 Å². The van der Waals surface area contributed by atoms with Crippen LogP contribution in [0.15, 0.2) is 46.8 Å². The molecular formula is C13H9NO3S. The van der Waals surface area contributed by atoms with E-state index in [2.05, 4.69) is 16.8 Å².